The van der Waals surface area contributed by atoms with Gasteiger partial charge in [0.15, 0.2) is 0 Å². The molecule has 31 heavy (non-hydrogen) atoms. The molecule has 1 saturated heterocycles. The van der Waals surface area contributed by atoms with E-state index in [9.17, 15) is 0 Å². The fourth-order valence-corrected chi connectivity index (χ4v) is 3.98. The lowest BCUT2D eigenvalue weighted by molar-refractivity contribution is 0.435. The maximum atomic E-state index is 5.96. The summed E-state index contributed by atoms with van der Waals surface area (Å²) in [6.45, 7) is 4.44. The molecule has 1 aliphatic heterocycles. The van der Waals surface area contributed by atoms with Crippen LogP contribution in [-0.4, -0.2) is 28.0 Å². The van der Waals surface area contributed by atoms with E-state index in [1.165, 1.54) is 12.8 Å². The Morgan fingerprint density at radius 3 is 2.48 bits per heavy atom. The molecular formula is C26H23ClN4. The van der Waals surface area contributed by atoms with Crippen molar-refractivity contribution in [3.05, 3.63) is 77.1 Å². The van der Waals surface area contributed by atoms with Crippen molar-refractivity contribution in [2.75, 3.05) is 18.0 Å². The second-order valence-electron chi connectivity index (χ2n) is 8.15. The van der Waals surface area contributed by atoms with E-state index in [1.807, 2.05) is 54.7 Å². The highest BCUT2D eigenvalue weighted by atomic mass is 35.5. The maximum absolute atomic E-state index is 5.96. The first-order chi connectivity index (χ1) is 15.1. The van der Waals surface area contributed by atoms with Gasteiger partial charge in [-0.05, 0) is 66.6 Å². The quantitative estimate of drug-likeness (QED) is 0.405. The Kier molecular flexibility index (Phi) is 5.36. The van der Waals surface area contributed by atoms with E-state index >= 15 is 0 Å². The fraction of sp³-hybridized carbons (Fsp3) is 0.231. The highest BCUT2D eigenvalue weighted by Crippen LogP contribution is 2.24. The van der Waals surface area contributed by atoms with Crippen molar-refractivity contribution >= 4 is 28.6 Å². The van der Waals surface area contributed by atoms with Crippen LogP contribution in [0.1, 0.15) is 31.0 Å². The number of piperidine rings is 1. The van der Waals surface area contributed by atoms with Gasteiger partial charge in [0, 0.05) is 35.4 Å². The highest BCUT2D eigenvalue weighted by Gasteiger charge is 2.18. The first-order valence-electron chi connectivity index (χ1n) is 10.6. The number of anilines is 1. The van der Waals surface area contributed by atoms with E-state index in [0.717, 1.165) is 63.4 Å². The minimum Gasteiger partial charge on any atom is -0.342 e. The number of hydrogen-bond acceptors (Lipinski definition) is 3. The van der Waals surface area contributed by atoms with Crippen LogP contribution in [-0.2, 0) is 0 Å². The summed E-state index contributed by atoms with van der Waals surface area (Å²) in [6, 6.07) is 17.8. The number of nitrogens with zero attached hydrogens (tertiary/aromatic N) is 3. The van der Waals surface area contributed by atoms with Gasteiger partial charge in [0.1, 0.15) is 5.69 Å². The average Bonchev–Trinajstić information content (AvgIpc) is 3.22. The van der Waals surface area contributed by atoms with Crippen molar-refractivity contribution in [1.29, 1.82) is 0 Å². The fourth-order valence-electron chi connectivity index (χ4n) is 3.86. The third kappa shape index (κ3) is 4.42. The molecule has 154 valence electrons. The van der Waals surface area contributed by atoms with Crippen LogP contribution in [0.4, 0.5) is 5.95 Å². The minimum atomic E-state index is 0.728. The summed E-state index contributed by atoms with van der Waals surface area (Å²) in [7, 11) is 0. The number of H-pyrrole nitrogens is 1. The van der Waals surface area contributed by atoms with Gasteiger partial charge in [-0.15, -0.1) is 0 Å². The summed E-state index contributed by atoms with van der Waals surface area (Å²) in [6.07, 6.45) is 4.28. The molecule has 0 bridgehead atoms. The molecule has 1 fully saturated rings. The molecule has 1 N–H and O–H groups in total. The molecule has 5 rings (SSSR count). The minimum absolute atomic E-state index is 0.728. The molecule has 0 radical (unpaired) electrons. The number of pyridine rings is 1. The number of aromatic amines is 1. The van der Waals surface area contributed by atoms with Gasteiger partial charge in [0.25, 0.3) is 0 Å². The Morgan fingerprint density at radius 1 is 0.968 bits per heavy atom. The van der Waals surface area contributed by atoms with Crippen molar-refractivity contribution in [3.63, 3.8) is 0 Å². The van der Waals surface area contributed by atoms with Gasteiger partial charge in [-0.1, -0.05) is 42.6 Å². The monoisotopic (exact) mass is 426 g/mol. The molecule has 0 spiro atoms. The van der Waals surface area contributed by atoms with Crippen LogP contribution in [0.3, 0.4) is 0 Å². The normalized spacial score (nSPS) is 14.5. The number of imidazole rings is 1. The van der Waals surface area contributed by atoms with E-state index in [2.05, 4.69) is 39.7 Å². The van der Waals surface area contributed by atoms with E-state index in [-0.39, 0.29) is 0 Å². The largest absolute Gasteiger partial charge is 0.342 e. The Labute approximate surface area is 187 Å². The maximum Gasteiger partial charge on any atom is 0.203 e. The molecule has 0 saturated carbocycles. The topological polar surface area (TPSA) is 44.8 Å². The van der Waals surface area contributed by atoms with Crippen LogP contribution in [0.5, 0.6) is 0 Å². The number of aromatic nitrogens is 3. The Morgan fingerprint density at radius 2 is 1.74 bits per heavy atom. The van der Waals surface area contributed by atoms with Crippen molar-refractivity contribution in [1.82, 2.24) is 15.0 Å². The van der Waals surface area contributed by atoms with Crippen LogP contribution < -0.4 is 4.90 Å². The van der Waals surface area contributed by atoms with Crippen molar-refractivity contribution in [3.8, 4) is 23.0 Å². The van der Waals surface area contributed by atoms with Crippen LogP contribution in [0.15, 0.2) is 60.8 Å². The first-order valence-corrected chi connectivity index (χ1v) is 11.0. The molecule has 0 unspecified atom stereocenters. The third-order valence-electron chi connectivity index (χ3n) is 5.83. The number of rotatable bonds is 2. The van der Waals surface area contributed by atoms with E-state index in [0.29, 0.717) is 0 Å². The second-order valence-corrected chi connectivity index (χ2v) is 8.59. The Balaban J connectivity index is 1.33. The number of benzene rings is 2. The zero-order chi connectivity index (χ0) is 21.2. The molecule has 0 amide bonds. The number of nitrogens with one attached hydrogen (secondary N) is 1. The molecule has 0 aliphatic carbocycles. The molecule has 5 heteroatoms. The van der Waals surface area contributed by atoms with Gasteiger partial charge in [0.05, 0.1) is 11.0 Å². The zero-order valence-electron chi connectivity index (χ0n) is 17.4. The lowest BCUT2D eigenvalue weighted by atomic mass is 10.00. The predicted octanol–water partition coefficient (Wildman–Crippen LogP) is 5.91. The van der Waals surface area contributed by atoms with E-state index < -0.39 is 0 Å². The van der Waals surface area contributed by atoms with Gasteiger partial charge in [0.2, 0.25) is 5.95 Å². The SMILES string of the molecule is CC1CCN(c2nc3cc(C#Cc4ccc(-c5ccc(Cl)cc5)cn4)ccc3[nH]2)CC1. The van der Waals surface area contributed by atoms with Crippen LogP contribution in [0.25, 0.3) is 22.2 Å². The predicted molar refractivity (Wildman–Crippen MR) is 127 cm³/mol. The summed E-state index contributed by atoms with van der Waals surface area (Å²) in [4.78, 5) is 15.1. The summed E-state index contributed by atoms with van der Waals surface area (Å²) in [5.74, 6) is 8.14. The lowest BCUT2D eigenvalue weighted by Crippen LogP contribution is -2.33. The van der Waals surface area contributed by atoms with Crippen molar-refractivity contribution in [2.24, 2.45) is 5.92 Å². The Bertz CT molecular complexity index is 1260. The molecular weight excluding hydrogens is 404 g/mol. The van der Waals surface area contributed by atoms with Crippen LogP contribution in [0, 0.1) is 17.8 Å². The zero-order valence-corrected chi connectivity index (χ0v) is 18.2. The number of hydrogen-bond donors (Lipinski definition) is 1. The molecule has 0 atom stereocenters. The molecule has 1 aliphatic rings. The third-order valence-corrected chi connectivity index (χ3v) is 6.08. The number of halogens is 1. The van der Waals surface area contributed by atoms with E-state index in [4.69, 9.17) is 16.6 Å². The van der Waals surface area contributed by atoms with Gasteiger partial charge in [-0.3, -0.25) is 0 Å². The summed E-state index contributed by atoms with van der Waals surface area (Å²) < 4.78 is 0. The second kappa shape index (κ2) is 8.45. The lowest BCUT2D eigenvalue weighted by Gasteiger charge is -2.29. The first kappa shape index (κ1) is 19.7. The standard InChI is InChI=1S/C26H23ClN4/c1-18-12-14-31(15-13-18)26-29-24-11-3-19(16-25(24)30-26)2-9-23-10-6-21(17-28-23)20-4-7-22(27)8-5-20/h3-8,10-11,16-18H,12-15H2,1H3,(H,29,30). The summed E-state index contributed by atoms with van der Waals surface area (Å²) in [5.41, 5.74) is 5.79. The highest BCUT2D eigenvalue weighted by molar-refractivity contribution is 6.30. The van der Waals surface area contributed by atoms with Gasteiger partial charge >= 0.3 is 0 Å². The van der Waals surface area contributed by atoms with E-state index in [1.54, 1.807) is 0 Å². The summed E-state index contributed by atoms with van der Waals surface area (Å²) in [5, 5.41) is 0.728. The number of fused-ring (bicyclic) bond motifs is 1. The Hall–Kier alpha value is -3.29. The smallest absolute Gasteiger partial charge is 0.203 e. The molecule has 2 aromatic carbocycles. The molecule has 4 aromatic rings. The summed E-state index contributed by atoms with van der Waals surface area (Å²) >= 11 is 5.96. The van der Waals surface area contributed by atoms with Crippen molar-refractivity contribution < 1.29 is 0 Å². The average molecular weight is 427 g/mol. The van der Waals surface area contributed by atoms with Crippen LogP contribution in [0.2, 0.25) is 5.02 Å². The van der Waals surface area contributed by atoms with Gasteiger partial charge in [-0.25, -0.2) is 9.97 Å². The molecule has 4 nitrogen and oxygen atoms in total. The molecule has 2 aromatic heterocycles. The van der Waals surface area contributed by atoms with Crippen LogP contribution >= 0.6 is 11.6 Å². The van der Waals surface area contributed by atoms with Gasteiger partial charge < -0.3 is 9.88 Å². The van der Waals surface area contributed by atoms with Gasteiger partial charge in [-0.2, -0.15) is 0 Å². The molecule has 3 heterocycles. The van der Waals surface area contributed by atoms with Crippen molar-refractivity contribution in [2.45, 2.75) is 19.8 Å².